The smallest absolute Gasteiger partial charge is 0.410 e. The van der Waals surface area contributed by atoms with Crippen LogP contribution in [0.3, 0.4) is 0 Å². The van der Waals surface area contributed by atoms with Gasteiger partial charge in [0.05, 0.1) is 33.7 Å². The zero-order valence-electron chi connectivity index (χ0n) is 19.7. The van der Waals surface area contributed by atoms with E-state index in [9.17, 15) is 9.59 Å². The number of aromatic nitrogens is 2. The fourth-order valence-electron chi connectivity index (χ4n) is 7.53. The Kier molecular flexibility index (Phi) is 3.11. The number of likely N-dealkylation sites (N-methyl/N-ethyl adjacent to an activating group) is 1. The largest absolute Gasteiger partial charge is 0.439 e. The molecule has 0 aliphatic carbocycles. The molecule has 4 atom stereocenters. The highest BCUT2D eigenvalue weighted by atomic mass is 16.6. The number of nitrogens with zero attached hydrogens (tertiary/aromatic N) is 3. The van der Waals surface area contributed by atoms with Crippen molar-refractivity contribution in [2.45, 2.75) is 44.0 Å². The Labute approximate surface area is 204 Å². The first-order valence-corrected chi connectivity index (χ1v) is 12.4. The fraction of sp³-hybridized carbons (Fsp3) is 0.286. The lowest BCUT2D eigenvalue weighted by molar-refractivity contribution is -0.240. The van der Waals surface area contributed by atoms with E-state index in [4.69, 9.17) is 9.47 Å². The molecule has 8 heteroatoms. The Morgan fingerprint density at radius 3 is 2.50 bits per heavy atom. The van der Waals surface area contributed by atoms with E-state index in [-0.39, 0.29) is 24.3 Å². The second-order valence-corrected chi connectivity index (χ2v) is 10.6. The average molecular weight is 479 g/mol. The van der Waals surface area contributed by atoms with E-state index in [1.165, 1.54) is 0 Å². The van der Waals surface area contributed by atoms with Gasteiger partial charge >= 0.3 is 6.09 Å². The van der Waals surface area contributed by atoms with Crippen LogP contribution in [0.5, 0.6) is 0 Å². The second kappa shape index (κ2) is 5.84. The number of carbonyl (C=O) groups excluding carboxylic acids is 2. The summed E-state index contributed by atoms with van der Waals surface area (Å²) in [6.45, 7) is 2.53. The van der Waals surface area contributed by atoms with E-state index in [1.807, 2.05) is 38.2 Å². The van der Waals surface area contributed by atoms with Crippen molar-refractivity contribution >= 4 is 55.6 Å². The zero-order chi connectivity index (χ0) is 24.1. The first-order valence-electron chi connectivity index (χ1n) is 12.4. The molecule has 2 fully saturated rings. The van der Waals surface area contributed by atoms with Crippen molar-refractivity contribution < 1.29 is 19.1 Å². The molecule has 0 unspecified atom stereocenters. The van der Waals surface area contributed by atoms with Gasteiger partial charge in [-0.05, 0) is 24.6 Å². The van der Waals surface area contributed by atoms with Crippen LogP contribution >= 0.6 is 0 Å². The maximum atomic E-state index is 13.3. The lowest BCUT2D eigenvalue weighted by Gasteiger charge is -2.45. The molecule has 2 saturated heterocycles. The third kappa shape index (κ3) is 1.87. The Morgan fingerprint density at radius 2 is 1.69 bits per heavy atom. The molecule has 178 valence electrons. The van der Waals surface area contributed by atoms with Crippen LogP contribution in [0.25, 0.3) is 43.6 Å². The Balaban J connectivity index is 1.60. The number of para-hydroxylation sites is 2. The number of amides is 2. The van der Waals surface area contributed by atoms with Gasteiger partial charge in [0.2, 0.25) is 0 Å². The summed E-state index contributed by atoms with van der Waals surface area (Å²) in [5.74, 6) is -0.0310. The van der Waals surface area contributed by atoms with E-state index in [0.29, 0.717) is 13.0 Å². The molecule has 8 nitrogen and oxygen atoms in total. The van der Waals surface area contributed by atoms with Gasteiger partial charge < -0.3 is 28.8 Å². The van der Waals surface area contributed by atoms with Crippen LogP contribution in [0.4, 0.5) is 4.79 Å². The van der Waals surface area contributed by atoms with Crippen LogP contribution in [-0.2, 0) is 21.7 Å². The summed E-state index contributed by atoms with van der Waals surface area (Å²) >= 11 is 0. The third-order valence-corrected chi connectivity index (χ3v) is 8.96. The van der Waals surface area contributed by atoms with Crippen LogP contribution in [0.2, 0.25) is 0 Å². The summed E-state index contributed by atoms with van der Waals surface area (Å²) in [6, 6.07) is 16.4. The first-order chi connectivity index (χ1) is 17.5. The molecule has 4 aliphatic heterocycles. The van der Waals surface area contributed by atoms with Gasteiger partial charge in [0.25, 0.3) is 5.91 Å². The molecule has 36 heavy (non-hydrogen) atoms. The standard InChI is InChI=1S/C28H22N4O4/c1-28-25-18(30(2)27(34)35-25)11-19(36-28)31-16-9-5-3-7-13(16)21-22-15(12-29-26(22)33)20-14-8-4-6-10-17(14)32(28)24(20)23(21)31/h3-10,18-19,25H,11-12H2,1-2H3,(H,29,33)/t18-,19-,25-,28+/m1/s1. The first kappa shape index (κ1) is 19.2. The molecule has 2 amide bonds. The number of hydrogen-bond donors (Lipinski definition) is 1. The third-order valence-electron chi connectivity index (χ3n) is 8.96. The van der Waals surface area contributed by atoms with Gasteiger partial charge in [-0.3, -0.25) is 4.79 Å². The topological polar surface area (TPSA) is 77.7 Å². The number of hydrogen-bond acceptors (Lipinski definition) is 4. The van der Waals surface area contributed by atoms with Crippen molar-refractivity contribution in [3.63, 3.8) is 0 Å². The van der Waals surface area contributed by atoms with Crippen molar-refractivity contribution in [3.05, 3.63) is 59.7 Å². The summed E-state index contributed by atoms with van der Waals surface area (Å²) in [5.41, 5.74) is 4.94. The normalized spacial score (nSPS) is 28.3. The monoisotopic (exact) mass is 478 g/mol. The molecular weight excluding hydrogens is 456 g/mol. The number of ether oxygens (including phenoxy) is 2. The maximum absolute atomic E-state index is 13.3. The lowest BCUT2D eigenvalue weighted by Crippen LogP contribution is -2.56. The van der Waals surface area contributed by atoms with Crippen LogP contribution in [0, 0.1) is 0 Å². The molecule has 0 saturated carbocycles. The molecular formula is C28H22N4O4. The quantitative estimate of drug-likeness (QED) is 0.354. The number of carbonyl (C=O) groups is 2. The van der Waals surface area contributed by atoms with E-state index in [1.54, 1.807) is 4.90 Å². The number of benzene rings is 3. The highest BCUT2D eigenvalue weighted by Gasteiger charge is 2.59. The number of rotatable bonds is 0. The van der Waals surface area contributed by atoms with Crippen molar-refractivity contribution in [2.75, 3.05) is 7.05 Å². The molecule has 4 aliphatic rings. The summed E-state index contributed by atoms with van der Waals surface area (Å²) in [5, 5.41) is 7.26. The summed E-state index contributed by atoms with van der Waals surface area (Å²) in [7, 11) is 1.81. The van der Waals surface area contributed by atoms with E-state index < -0.39 is 11.8 Å². The van der Waals surface area contributed by atoms with Gasteiger partial charge in [0, 0.05) is 41.6 Å². The second-order valence-electron chi connectivity index (χ2n) is 10.6. The van der Waals surface area contributed by atoms with E-state index in [0.717, 1.165) is 54.7 Å². The van der Waals surface area contributed by atoms with Gasteiger partial charge in [0.1, 0.15) is 6.23 Å². The Bertz CT molecular complexity index is 1880. The fourth-order valence-corrected chi connectivity index (χ4v) is 7.53. The molecule has 6 heterocycles. The van der Waals surface area contributed by atoms with Crippen LogP contribution in [-0.4, -0.2) is 45.2 Å². The molecule has 5 aromatic rings. The minimum absolute atomic E-state index is 0.0310. The van der Waals surface area contributed by atoms with Gasteiger partial charge in [-0.2, -0.15) is 0 Å². The highest BCUT2D eigenvalue weighted by Crippen LogP contribution is 2.55. The molecule has 3 aromatic carbocycles. The van der Waals surface area contributed by atoms with Crippen molar-refractivity contribution in [1.29, 1.82) is 0 Å². The SMILES string of the molecule is CN1C(=O)O[C@@H]2[C@H]1C[C@H]1O[C@]2(C)n2c3ccccc3c3c4c(c5c6ccccc6n1c5c32)C(=O)NC4. The average Bonchev–Trinajstić information content (AvgIpc) is 3.58. The van der Waals surface area contributed by atoms with Crippen molar-refractivity contribution in [2.24, 2.45) is 0 Å². The van der Waals surface area contributed by atoms with Gasteiger partial charge in [0.15, 0.2) is 11.8 Å². The summed E-state index contributed by atoms with van der Waals surface area (Å²) in [4.78, 5) is 27.8. The van der Waals surface area contributed by atoms with E-state index >= 15 is 0 Å². The van der Waals surface area contributed by atoms with Gasteiger partial charge in [-0.1, -0.05) is 36.4 Å². The summed E-state index contributed by atoms with van der Waals surface area (Å²) in [6.07, 6.45) is -0.520. The zero-order valence-corrected chi connectivity index (χ0v) is 19.7. The Morgan fingerprint density at radius 1 is 0.972 bits per heavy atom. The Hall–Kier alpha value is -4.04. The molecule has 0 spiro atoms. The van der Waals surface area contributed by atoms with Crippen LogP contribution in [0.15, 0.2) is 48.5 Å². The van der Waals surface area contributed by atoms with Crippen molar-refractivity contribution in [3.8, 4) is 0 Å². The predicted molar refractivity (Wildman–Crippen MR) is 134 cm³/mol. The molecule has 2 aromatic heterocycles. The molecule has 2 bridgehead atoms. The van der Waals surface area contributed by atoms with Crippen LogP contribution < -0.4 is 5.32 Å². The van der Waals surface area contributed by atoms with Gasteiger partial charge in [-0.25, -0.2) is 4.79 Å². The number of nitrogens with one attached hydrogen (secondary N) is 1. The predicted octanol–water partition coefficient (Wildman–Crippen LogP) is 4.57. The minimum Gasteiger partial charge on any atom is -0.439 e. The number of fused-ring (bicyclic) bond motifs is 15. The molecule has 9 rings (SSSR count). The summed E-state index contributed by atoms with van der Waals surface area (Å²) < 4.78 is 17.5. The highest BCUT2D eigenvalue weighted by molar-refractivity contribution is 6.31. The van der Waals surface area contributed by atoms with E-state index in [2.05, 4.69) is 38.7 Å². The molecule has 1 N–H and O–H groups in total. The molecule has 0 radical (unpaired) electrons. The lowest BCUT2D eigenvalue weighted by atomic mass is 9.93. The van der Waals surface area contributed by atoms with Crippen molar-refractivity contribution in [1.82, 2.24) is 19.4 Å². The van der Waals surface area contributed by atoms with Crippen LogP contribution in [0.1, 0.15) is 35.5 Å². The van der Waals surface area contributed by atoms with Gasteiger partial charge in [-0.15, -0.1) is 0 Å². The minimum atomic E-state index is -0.938. The maximum Gasteiger partial charge on any atom is 0.410 e.